The van der Waals surface area contributed by atoms with Crippen LogP contribution < -0.4 is 19.7 Å². The fourth-order valence-electron chi connectivity index (χ4n) is 2.87. The van der Waals surface area contributed by atoms with Crippen LogP contribution in [-0.4, -0.2) is 54.5 Å². The Kier molecular flexibility index (Phi) is 4.05. The minimum atomic E-state index is -1.00. The Balaban J connectivity index is 1.97. The fraction of sp³-hybridized carbons (Fsp3) is 0.400. The summed E-state index contributed by atoms with van der Waals surface area (Å²) >= 11 is 0. The molecule has 2 heterocycles. The maximum absolute atomic E-state index is 10.8. The molecule has 0 bridgehead atoms. The molecule has 3 rings (SSSR count). The summed E-state index contributed by atoms with van der Waals surface area (Å²) < 4.78 is 10.6. The van der Waals surface area contributed by atoms with Gasteiger partial charge < -0.3 is 24.8 Å². The van der Waals surface area contributed by atoms with Crippen LogP contribution in [0, 0.1) is 0 Å². The first-order valence-electron chi connectivity index (χ1n) is 7.23. The first-order chi connectivity index (χ1) is 11.1. The zero-order chi connectivity index (χ0) is 16.4. The van der Waals surface area contributed by atoms with Crippen LogP contribution in [0.25, 0.3) is 10.9 Å². The van der Waals surface area contributed by atoms with Gasteiger partial charge in [-0.3, -0.25) is 0 Å². The SMILES string of the molecule is COc1cc2ncnc(N3CCC(NC(=O)O)C3)c2cc1OC. The number of fused-ring (bicyclic) bond motifs is 1. The van der Waals surface area contributed by atoms with Crippen LogP contribution in [0.3, 0.4) is 0 Å². The van der Waals surface area contributed by atoms with Crippen molar-refractivity contribution in [3.63, 3.8) is 0 Å². The fourth-order valence-corrected chi connectivity index (χ4v) is 2.87. The third-order valence-corrected chi connectivity index (χ3v) is 3.94. The topological polar surface area (TPSA) is 96.8 Å². The average molecular weight is 318 g/mol. The van der Waals surface area contributed by atoms with Gasteiger partial charge in [0.05, 0.1) is 25.8 Å². The summed E-state index contributed by atoms with van der Waals surface area (Å²) in [5.41, 5.74) is 0.752. The predicted octanol–water partition coefficient (Wildman–Crippen LogP) is 1.49. The number of benzene rings is 1. The molecule has 122 valence electrons. The van der Waals surface area contributed by atoms with E-state index in [2.05, 4.69) is 20.2 Å². The molecule has 2 N–H and O–H groups in total. The molecule has 1 atom stereocenters. The lowest BCUT2D eigenvalue weighted by atomic mass is 10.2. The lowest BCUT2D eigenvalue weighted by molar-refractivity contribution is 0.191. The van der Waals surface area contributed by atoms with E-state index in [9.17, 15) is 4.79 Å². The van der Waals surface area contributed by atoms with Crippen LogP contribution in [0.15, 0.2) is 18.5 Å². The van der Waals surface area contributed by atoms with E-state index in [1.807, 2.05) is 12.1 Å². The second kappa shape index (κ2) is 6.15. The van der Waals surface area contributed by atoms with E-state index in [-0.39, 0.29) is 6.04 Å². The minimum absolute atomic E-state index is 0.0994. The molecule has 23 heavy (non-hydrogen) atoms. The largest absolute Gasteiger partial charge is 0.493 e. The molecule has 1 aromatic carbocycles. The quantitative estimate of drug-likeness (QED) is 0.881. The lowest BCUT2D eigenvalue weighted by Crippen LogP contribution is -2.36. The number of carbonyl (C=O) groups is 1. The van der Waals surface area contributed by atoms with Crippen molar-refractivity contribution < 1.29 is 19.4 Å². The highest BCUT2D eigenvalue weighted by Gasteiger charge is 2.26. The van der Waals surface area contributed by atoms with Gasteiger partial charge in [-0.2, -0.15) is 0 Å². The van der Waals surface area contributed by atoms with E-state index in [1.54, 1.807) is 14.2 Å². The molecule has 1 amide bonds. The number of rotatable bonds is 4. The van der Waals surface area contributed by atoms with Crippen LogP contribution in [-0.2, 0) is 0 Å². The van der Waals surface area contributed by atoms with E-state index in [1.165, 1.54) is 6.33 Å². The molecule has 1 unspecified atom stereocenters. The number of nitrogens with zero attached hydrogens (tertiary/aromatic N) is 3. The summed E-state index contributed by atoms with van der Waals surface area (Å²) in [6.07, 6.45) is 1.24. The number of methoxy groups -OCH3 is 2. The van der Waals surface area contributed by atoms with Crippen LogP contribution >= 0.6 is 0 Å². The van der Waals surface area contributed by atoms with Gasteiger partial charge in [0.25, 0.3) is 0 Å². The normalized spacial score (nSPS) is 17.3. The van der Waals surface area contributed by atoms with Crippen molar-refractivity contribution in [3.05, 3.63) is 18.5 Å². The molecule has 0 spiro atoms. The van der Waals surface area contributed by atoms with Gasteiger partial charge in [0, 0.05) is 24.5 Å². The molecule has 0 saturated carbocycles. The van der Waals surface area contributed by atoms with E-state index in [0.717, 1.165) is 29.7 Å². The van der Waals surface area contributed by atoms with Gasteiger partial charge in [-0.05, 0) is 12.5 Å². The highest BCUT2D eigenvalue weighted by molar-refractivity contribution is 5.92. The molecular formula is C15H18N4O4. The average Bonchev–Trinajstić information content (AvgIpc) is 3.00. The summed E-state index contributed by atoms with van der Waals surface area (Å²) in [6, 6.07) is 3.56. The standard InChI is InChI=1S/C15H18N4O4/c1-22-12-5-10-11(6-13(12)23-2)16-8-17-14(10)19-4-3-9(7-19)18-15(20)21/h5-6,8-9,18H,3-4,7H2,1-2H3,(H,20,21). The smallest absolute Gasteiger partial charge is 0.404 e. The molecule has 0 radical (unpaired) electrons. The zero-order valence-corrected chi connectivity index (χ0v) is 12.9. The molecule has 1 aliphatic heterocycles. The van der Waals surface area contributed by atoms with Gasteiger partial charge in [-0.25, -0.2) is 14.8 Å². The van der Waals surface area contributed by atoms with Gasteiger partial charge in [-0.15, -0.1) is 0 Å². The molecule has 8 nitrogen and oxygen atoms in total. The van der Waals surface area contributed by atoms with Crippen LogP contribution in [0.4, 0.5) is 10.6 Å². The Hall–Kier alpha value is -2.77. The number of aromatic nitrogens is 2. The Morgan fingerprint density at radius 2 is 2.04 bits per heavy atom. The van der Waals surface area contributed by atoms with Crippen LogP contribution in [0.1, 0.15) is 6.42 Å². The van der Waals surface area contributed by atoms with Crippen molar-refractivity contribution >= 4 is 22.8 Å². The van der Waals surface area contributed by atoms with Gasteiger partial charge in [-0.1, -0.05) is 0 Å². The first kappa shape index (κ1) is 15.1. The van der Waals surface area contributed by atoms with Gasteiger partial charge in [0.1, 0.15) is 12.1 Å². The lowest BCUT2D eigenvalue weighted by Gasteiger charge is -2.19. The molecule has 8 heteroatoms. The Morgan fingerprint density at radius 3 is 2.74 bits per heavy atom. The van der Waals surface area contributed by atoms with Crippen molar-refractivity contribution in [2.24, 2.45) is 0 Å². The maximum Gasteiger partial charge on any atom is 0.404 e. The Morgan fingerprint density at radius 1 is 1.30 bits per heavy atom. The van der Waals surface area contributed by atoms with Crippen molar-refractivity contribution in [2.75, 3.05) is 32.2 Å². The van der Waals surface area contributed by atoms with Gasteiger partial charge in [0.2, 0.25) is 0 Å². The number of carboxylic acid groups (broad SMARTS) is 1. The van der Waals surface area contributed by atoms with Crippen LogP contribution in [0.5, 0.6) is 11.5 Å². The summed E-state index contributed by atoms with van der Waals surface area (Å²) in [5.74, 6) is 1.98. The number of ether oxygens (including phenoxy) is 2. The zero-order valence-electron chi connectivity index (χ0n) is 12.9. The third kappa shape index (κ3) is 2.92. The minimum Gasteiger partial charge on any atom is -0.493 e. The second-order valence-electron chi connectivity index (χ2n) is 5.30. The van der Waals surface area contributed by atoms with Gasteiger partial charge in [0.15, 0.2) is 11.5 Å². The molecule has 2 aromatic rings. The van der Waals surface area contributed by atoms with Crippen molar-refractivity contribution in [1.29, 1.82) is 0 Å². The van der Waals surface area contributed by atoms with E-state index < -0.39 is 6.09 Å². The summed E-state index contributed by atoms with van der Waals surface area (Å²) in [7, 11) is 3.16. The molecule has 1 fully saturated rings. The second-order valence-corrected chi connectivity index (χ2v) is 5.30. The molecule has 1 saturated heterocycles. The predicted molar refractivity (Wildman–Crippen MR) is 84.4 cm³/mol. The number of hydrogen-bond acceptors (Lipinski definition) is 6. The molecule has 1 aromatic heterocycles. The molecule has 1 aliphatic rings. The van der Waals surface area contributed by atoms with E-state index in [4.69, 9.17) is 14.6 Å². The monoisotopic (exact) mass is 318 g/mol. The van der Waals surface area contributed by atoms with Crippen molar-refractivity contribution in [2.45, 2.75) is 12.5 Å². The Bertz CT molecular complexity index is 737. The summed E-state index contributed by atoms with van der Waals surface area (Å²) in [4.78, 5) is 21.5. The highest BCUT2D eigenvalue weighted by Crippen LogP contribution is 2.35. The number of nitrogens with one attached hydrogen (secondary N) is 1. The summed E-state index contributed by atoms with van der Waals surface area (Å²) in [6.45, 7) is 1.30. The van der Waals surface area contributed by atoms with E-state index in [0.29, 0.717) is 18.0 Å². The van der Waals surface area contributed by atoms with Crippen LogP contribution in [0.2, 0.25) is 0 Å². The van der Waals surface area contributed by atoms with Crippen molar-refractivity contribution in [1.82, 2.24) is 15.3 Å². The summed E-state index contributed by atoms with van der Waals surface area (Å²) in [5, 5.41) is 12.2. The number of anilines is 1. The number of hydrogen-bond donors (Lipinski definition) is 2. The van der Waals surface area contributed by atoms with Crippen molar-refractivity contribution in [3.8, 4) is 11.5 Å². The maximum atomic E-state index is 10.8. The first-order valence-corrected chi connectivity index (χ1v) is 7.23. The van der Waals surface area contributed by atoms with E-state index >= 15 is 0 Å². The number of amides is 1. The Labute approximate surface area is 133 Å². The molecular weight excluding hydrogens is 300 g/mol. The highest BCUT2D eigenvalue weighted by atomic mass is 16.5. The molecule has 0 aliphatic carbocycles. The van der Waals surface area contributed by atoms with Gasteiger partial charge >= 0.3 is 6.09 Å². The third-order valence-electron chi connectivity index (χ3n) is 3.94.